The number of carbonyl (C=O) groups is 1. The van der Waals surface area contributed by atoms with Gasteiger partial charge in [0.05, 0.1) is 5.69 Å². The van der Waals surface area contributed by atoms with E-state index in [1.807, 2.05) is 6.07 Å². The number of rotatable bonds is 7. The molecule has 0 aliphatic heterocycles. The van der Waals surface area contributed by atoms with Crippen molar-refractivity contribution in [1.29, 1.82) is 5.26 Å². The van der Waals surface area contributed by atoms with E-state index in [4.69, 9.17) is 10.4 Å². The van der Waals surface area contributed by atoms with Crippen LogP contribution in [0.15, 0.2) is 18.3 Å². The number of aliphatic carboxylic acids is 1. The van der Waals surface area contributed by atoms with Gasteiger partial charge in [-0.05, 0) is 30.4 Å². The molecule has 102 valence electrons. The summed E-state index contributed by atoms with van der Waals surface area (Å²) in [5.41, 5.74) is 0.991. The number of nitrogens with one attached hydrogen (secondary N) is 1. The van der Waals surface area contributed by atoms with Crippen LogP contribution in [0.25, 0.3) is 0 Å². The Morgan fingerprint density at radius 1 is 1.58 bits per heavy atom. The monoisotopic (exact) mass is 261 g/mol. The zero-order valence-corrected chi connectivity index (χ0v) is 11.3. The maximum absolute atomic E-state index is 10.8. The molecule has 1 rings (SSSR count). The van der Waals surface area contributed by atoms with Crippen molar-refractivity contribution >= 4 is 11.7 Å². The van der Waals surface area contributed by atoms with E-state index in [2.05, 4.69) is 24.1 Å². The minimum atomic E-state index is -0.792. The van der Waals surface area contributed by atoms with Gasteiger partial charge < -0.3 is 10.4 Å². The molecule has 0 saturated heterocycles. The van der Waals surface area contributed by atoms with Gasteiger partial charge >= 0.3 is 5.97 Å². The number of nitriles is 1. The van der Waals surface area contributed by atoms with Gasteiger partial charge in [0.25, 0.3) is 0 Å². The van der Waals surface area contributed by atoms with Crippen molar-refractivity contribution in [3.8, 4) is 6.07 Å². The Morgan fingerprint density at radius 2 is 2.32 bits per heavy atom. The summed E-state index contributed by atoms with van der Waals surface area (Å²) in [5.74, 6) is -0.307. The first kappa shape index (κ1) is 15.0. The van der Waals surface area contributed by atoms with Crippen molar-refractivity contribution in [3.63, 3.8) is 0 Å². The number of carboxylic acid groups (broad SMARTS) is 1. The summed E-state index contributed by atoms with van der Waals surface area (Å²) in [6, 6.07) is 5.54. The van der Waals surface area contributed by atoms with Crippen molar-refractivity contribution in [2.24, 2.45) is 11.8 Å². The van der Waals surface area contributed by atoms with Crippen LogP contribution in [-0.4, -0.2) is 22.6 Å². The van der Waals surface area contributed by atoms with Gasteiger partial charge in [-0.3, -0.25) is 4.79 Å². The number of hydrogen-bond donors (Lipinski definition) is 2. The summed E-state index contributed by atoms with van der Waals surface area (Å²) in [6.07, 6.45) is 2.53. The highest BCUT2D eigenvalue weighted by Crippen LogP contribution is 2.18. The van der Waals surface area contributed by atoms with Crippen molar-refractivity contribution in [2.75, 3.05) is 11.9 Å². The molecule has 5 heteroatoms. The zero-order chi connectivity index (χ0) is 14.3. The summed E-state index contributed by atoms with van der Waals surface area (Å²) >= 11 is 0. The lowest BCUT2D eigenvalue weighted by Crippen LogP contribution is -2.20. The normalized spacial score (nSPS) is 11.9. The largest absolute Gasteiger partial charge is 0.481 e. The number of carboxylic acids is 1. The molecular formula is C14H19N3O2. The van der Waals surface area contributed by atoms with Gasteiger partial charge in [-0.1, -0.05) is 13.8 Å². The Balaban J connectivity index is 2.65. The lowest BCUT2D eigenvalue weighted by atomic mass is 9.94. The van der Waals surface area contributed by atoms with Crippen LogP contribution in [0, 0.1) is 23.2 Å². The third kappa shape index (κ3) is 5.38. The van der Waals surface area contributed by atoms with Crippen LogP contribution in [0.1, 0.15) is 32.4 Å². The van der Waals surface area contributed by atoms with Gasteiger partial charge in [-0.2, -0.15) is 5.26 Å². The molecule has 0 aliphatic carbocycles. The number of pyridine rings is 1. The van der Waals surface area contributed by atoms with Crippen LogP contribution < -0.4 is 5.32 Å². The first-order valence-electron chi connectivity index (χ1n) is 6.33. The van der Waals surface area contributed by atoms with Crippen molar-refractivity contribution in [3.05, 3.63) is 24.0 Å². The first-order valence-corrected chi connectivity index (χ1v) is 6.33. The van der Waals surface area contributed by atoms with Gasteiger partial charge in [0.1, 0.15) is 6.07 Å². The number of hydrogen-bond acceptors (Lipinski definition) is 4. The van der Waals surface area contributed by atoms with Gasteiger partial charge in [0, 0.05) is 19.2 Å². The molecule has 19 heavy (non-hydrogen) atoms. The van der Waals surface area contributed by atoms with E-state index in [1.165, 1.54) is 0 Å². The molecule has 1 aromatic heterocycles. The Labute approximate surface area is 113 Å². The van der Waals surface area contributed by atoms with Gasteiger partial charge in [-0.25, -0.2) is 4.98 Å². The lowest BCUT2D eigenvalue weighted by molar-refractivity contribution is -0.138. The molecule has 2 N–H and O–H groups in total. The number of aromatic nitrogens is 1. The van der Waals surface area contributed by atoms with Crippen LogP contribution in [0.5, 0.6) is 0 Å². The average Bonchev–Trinajstić information content (AvgIpc) is 2.35. The van der Waals surface area contributed by atoms with Gasteiger partial charge in [0.15, 0.2) is 5.69 Å². The number of anilines is 1. The second kappa shape index (κ2) is 7.37. The van der Waals surface area contributed by atoms with E-state index in [-0.39, 0.29) is 12.3 Å². The molecule has 0 amide bonds. The molecule has 1 atom stereocenters. The Hall–Kier alpha value is -2.09. The molecule has 1 aromatic rings. The topological polar surface area (TPSA) is 86.0 Å². The zero-order valence-electron chi connectivity index (χ0n) is 11.3. The van der Waals surface area contributed by atoms with Crippen LogP contribution in [0.2, 0.25) is 0 Å². The minimum Gasteiger partial charge on any atom is -0.481 e. The average molecular weight is 261 g/mol. The highest BCUT2D eigenvalue weighted by Gasteiger charge is 2.15. The fourth-order valence-electron chi connectivity index (χ4n) is 2.04. The van der Waals surface area contributed by atoms with Crippen LogP contribution in [-0.2, 0) is 4.79 Å². The summed E-state index contributed by atoms with van der Waals surface area (Å²) < 4.78 is 0. The molecule has 1 unspecified atom stereocenters. The molecule has 0 radical (unpaired) electrons. The maximum atomic E-state index is 10.8. The molecular weight excluding hydrogens is 242 g/mol. The molecule has 0 aliphatic rings. The number of nitrogens with zero attached hydrogens (tertiary/aromatic N) is 2. The van der Waals surface area contributed by atoms with Crippen LogP contribution in [0.4, 0.5) is 5.69 Å². The van der Waals surface area contributed by atoms with E-state index >= 15 is 0 Å². The van der Waals surface area contributed by atoms with E-state index in [0.717, 1.165) is 6.42 Å². The molecule has 1 heterocycles. The van der Waals surface area contributed by atoms with Crippen LogP contribution in [0.3, 0.4) is 0 Å². The highest BCUT2D eigenvalue weighted by molar-refractivity contribution is 5.67. The predicted octanol–water partition coefficient (Wildman–Crippen LogP) is 2.50. The molecule has 5 nitrogen and oxygen atoms in total. The van der Waals surface area contributed by atoms with Crippen LogP contribution >= 0.6 is 0 Å². The molecule has 0 bridgehead atoms. The summed E-state index contributed by atoms with van der Waals surface area (Å²) in [5, 5.41) is 21.0. The van der Waals surface area contributed by atoms with E-state index in [0.29, 0.717) is 23.8 Å². The predicted molar refractivity (Wildman–Crippen MR) is 72.6 cm³/mol. The fourth-order valence-corrected chi connectivity index (χ4v) is 2.04. The van der Waals surface area contributed by atoms with Gasteiger partial charge in [-0.15, -0.1) is 0 Å². The van der Waals surface area contributed by atoms with E-state index < -0.39 is 5.97 Å². The summed E-state index contributed by atoms with van der Waals surface area (Å²) in [7, 11) is 0. The molecule has 0 saturated carbocycles. The smallest absolute Gasteiger partial charge is 0.303 e. The Kier molecular flexibility index (Phi) is 5.80. The molecule has 0 fully saturated rings. The third-order valence-electron chi connectivity index (χ3n) is 2.76. The standard InChI is InChI=1S/C14H19N3O2/c1-10(2)6-11(7-14(18)19)9-17-12-4-3-5-16-13(12)8-15/h3-5,10-11,17H,6-7,9H2,1-2H3,(H,18,19). The Bertz CT molecular complexity index is 466. The van der Waals surface area contributed by atoms with Gasteiger partial charge in [0.2, 0.25) is 0 Å². The van der Waals surface area contributed by atoms with Crippen molar-refractivity contribution in [2.45, 2.75) is 26.7 Å². The second-order valence-corrected chi connectivity index (χ2v) is 4.99. The SMILES string of the molecule is CC(C)CC(CNc1cccnc1C#N)CC(=O)O. The van der Waals surface area contributed by atoms with E-state index in [1.54, 1.807) is 18.3 Å². The Morgan fingerprint density at radius 3 is 2.89 bits per heavy atom. The minimum absolute atomic E-state index is 0.0456. The van der Waals surface area contributed by atoms with E-state index in [9.17, 15) is 4.79 Å². The summed E-state index contributed by atoms with van der Waals surface area (Å²) in [4.78, 5) is 14.8. The first-order chi connectivity index (χ1) is 9.02. The molecule has 0 aromatic carbocycles. The van der Waals surface area contributed by atoms with Crippen molar-refractivity contribution in [1.82, 2.24) is 4.98 Å². The quantitative estimate of drug-likeness (QED) is 0.787. The fraction of sp³-hybridized carbons (Fsp3) is 0.500. The third-order valence-corrected chi connectivity index (χ3v) is 2.76. The lowest BCUT2D eigenvalue weighted by Gasteiger charge is -2.18. The maximum Gasteiger partial charge on any atom is 0.303 e. The highest BCUT2D eigenvalue weighted by atomic mass is 16.4. The summed E-state index contributed by atoms with van der Waals surface area (Å²) in [6.45, 7) is 4.67. The van der Waals surface area contributed by atoms with Crippen molar-refractivity contribution < 1.29 is 9.90 Å². The second-order valence-electron chi connectivity index (χ2n) is 4.99. The molecule has 0 spiro atoms.